The Hall–Kier alpha value is -1.31. The molecule has 0 aromatic heterocycles. The molecule has 21 heavy (non-hydrogen) atoms. The second kappa shape index (κ2) is 7.63. The Morgan fingerprint density at radius 2 is 1.86 bits per heavy atom. The molecule has 0 radical (unpaired) electrons. The number of carbonyl (C=O) groups excluding carboxylic acids is 1. The second-order valence-electron chi connectivity index (χ2n) is 4.99. The largest absolute Gasteiger partial charge is 0.351 e. The van der Waals surface area contributed by atoms with Gasteiger partial charge in [0, 0.05) is 17.6 Å². The third-order valence-electron chi connectivity index (χ3n) is 2.80. The summed E-state index contributed by atoms with van der Waals surface area (Å²) in [7, 11) is -3.39. The summed E-state index contributed by atoms with van der Waals surface area (Å²) in [6.45, 7) is 3.53. The summed E-state index contributed by atoms with van der Waals surface area (Å²) in [5.74, 6) is 0.170. The summed E-state index contributed by atoms with van der Waals surface area (Å²) in [5, 5.41) is 2.44. The van der Waals surface area contributed by atoms with E-state index in [0.29, 0.717) is 11.6 Å². The molecule has 4 N–H and O–H groups in total. The van der Waals surface area contributed by atoms with Crippen molar-refractivity contribution in [2.45, 2.75) is 19.9 Å². The number of halogens is 1. The molecule has 0 bridgehead atoms. The molecule has 0 saturated carbocycles. The molecule has 2 unspecified atom stereocenters. The van der Waals surface area contributed by atoms with Gasteiger partial charge in [-0.2, -0.15) is 0 Å². The number of sulfonamides is 1. The number of rotatable bonds is 7. The van der Waals surface area contributed by atoms with Gasteiger partial charge >= 0.3 is 6.03 Å². The van der Waals surface area contributed by atoms with Crippen molar-refractivity contribution in [2.75, 3.05) is 16.9 Å². The maximum atomic E-state index is 12.0. The molecule has 1 rings (SSSR count). The molecule has 1 aromatic rings. The van der Waals surface area contributed by atoms with Crippen molar-refractivity contribution >= 4 is 33.3 Å². The predicted octanol–water partition coefficient (Wildman–Crippen LogP) is 2.03. The fourth-order valence-corrected chi connectivity index (χ4v) is 3.68. The number of urea groups is 1. The molecule has 2 atom stereocenters. The Bertz CT molecular complexity index is 575. The lowest BCUT2D eigenvalue weighted by atomic mass is 10.1. The first-order valence-electron chi connectivity index (χ1n) is 6.46. The first kappa shape index (κ1) is 17.7. The number of hydrogen-bond donors (Lipinski definition) is 3. The number of nitrogens with one attached hydrogen (secondary N) is 2. The van der Waals surface area contributed by atoms with E-state index in [0.717, 1.165) is 5.56 Å². The van der Waals surface area contributed by atoms with Crippen LogP contribution >= 0.6 is 11.6 Å². The van der Waals surface area contributed by atoms with E-state index in [1.807, 2.05) is 0 Å². The van der Waals surface area contributed by atoms with Gasteiger partial charge in [0.05, 0.1) is 5.75 Å². The maximum absolute atomic E-state index is 12.0. The van der Waals surface area contributed by atoms with Gasteiger partial charge in [0.25, 0.3) is 0 Å². The van der Waals surface area contributed by atoms with Crippen LogP contribution in [0.4, 0.5) is 10.5 Å². The van der Waals surface area contributed by atoms with Crippen molar-refractivity contribution in [1.82, 2.24) is 4.72 Å². The van der Waals surface area contributed by atoms with E-state index in [4.69, 9.17) is 17.3 Å². The van der Waals surface area contributed by atoms with Crippen LogP contribution in [-0.2, 0) is 10.0 Å². The lowest BCUT2D eigenvalue weighted by Gasteiger charge is -2.16. The van der Waals surface area contributed by atoms with Crippen LogP contribution in [-0.4, -0.2) is 26.1 Å². The quantitative estimate of drug-likeness (QED) is 0.665. The molecule has 0 spiro atoms. The highest BCUT2D eigenvalue weighted by Crippen LogP contribution is 2.17. The number of primary amides is 1. The molecule has 8 heteroatoms. The maximum Gasteiger partial charge on any atom is 0.316 e. The minimum Gasteiger partial charge on any atom is -0.351 e. The fourth-order valence-electron chi connectivity index (χ4n) is 1.80. The lowest BCUT2D eigenvalue weighted by Crippen LogP contribution is -2.31. The molecule has 118 valence electrons. The summed E-state index contributed by atoms with van der Waals surface area (Å²) in [4.78, 5) is 10.7. The van der Waals surface area contributed by atoms with Crippen molar-refractivity contribution in [3.8, 4) is 0 Å². The van der Waals surface area contributed by atoms with E-state index < -0.39 is 16.1 Å². The molecule has 0 saturated heterocycles. The number of benzene rings is 1. The van der Waals surface area contributed by atoms with Crippen LogP contribution < -0.4 is 15.8 Å². The number of hydrogen-bond acceptors (Lipinski definition) is 3. The zero-order valence-corrected chi connectivity index (χ0v) is 13.5. The van der Waals surface area contributed by atoms with Crippen molar-refractivity contribution < 1.29 is 13.2 Å². The molecule has 0 aliphatic rings. The summed E-state index contributed by atoms with van der Waals surface area (Å²) in [5.41, 5.74) is 6.35. The Balaban J connectivity index is 2.71. The van der Waals surface area contributed by atoms with Crippen LogP contribution in [0, 0.1) is 5.92 Å². The van der Waals surface area contributed by atoms with Crippen LogP contribution in [0.25, 0.3) is 0 Å². The number of amides is 2. The third-order valence-corrected chi connectivity index (χ3v) is 5.05. The molecular weight excluding hydrogens is 314 g/mol. The van der Waals surface area contributed by atoms with Crippen molar-refractivity contribution in [3.05, 3.63) is 29.8 Å². The van der Waals surface area contributed by atoms with E-state index >= 15 is 0 Å². The van der Waals surface area contributed by atoms with Crippen LogP contribution in [0.3, 0.4) is 0 Å². The summed E-state index contributed by atoms with van der Waals surface area (Å²) >= 11 is 5.63. The Labute approximate surface area is 130 Å². The van der Waals surface area contributed by atoms with Gasteiger partial charge in [0.2, 0.25) is 10.0 Å². The van der Waals surface area contributed by atoms with Gasteiger partial charge < -0.3 is 11.1 Å². The van der Waals surface area contributed by atoms with Gasteiger partial charge in [0.15, 0.2) is 0 Å². The fraction of sp³-hybridized carbons (Fsp3) is 0.462. The molecule has 1 aromatic carbocycles. The predicted molar refractivity (Wildman–Crippen MR) is 84.9 cm³/mol. The van der Waals surface area contributed by atoms with Crippen LogP contribution in [0.15, 0.2) is 24.3 Å². The zero-order valence-electron chi connectivity index (χ0n) is 12.0. The van der Waals surface area contributed by atoms with Gasteiger partial charge in [-0.15, -0.1) is 11.6 Å². The summed E-state index contributed by atoms with van der Waals surface area (Å²) in [6, 6.07) is 5.75. The Morgan fingerprint density at radius 3 is 2.33 bits per heavy atom. The zero-order chi connectivity index (χ0) is 16.0. The number of alkyl halides is 1. The second-order valence-corrected chi connectivity index (χ2v) is 7.10. The Kier molecular flexibility index (Phi) is 6.44. The highest BCUT2D eigenvalue weighted by atomic mass is 35.5. The minimum absolute atomic E-state index is 0.0118. The van der Waals surface area contributed by atoms with Crippen molar-refractivity contribution in [3.63, 3.8) is 0 Å². The molecule has 0 aliphatic carbocycles. The van der Waals surface area contributed by atoms with Crippen LogP contribution in [0.1, 0.15) is 25.5 Å². The van der Waals surface area contributed by atoms with Gasteiger partial charge in [0.1, 0.15) is 0 Å². The van der Waals surface area contributed by atoms with E-state index in [9.17, 15) is 13.2 Å². The standard InChI is InChI=1S/C13H20ClN3O3S/c1-9(7-14)8-21(19,20)17-10(2)11-3-5-12(6-4-11)16-13(15)18/h3-6,9-10,17H,7-8H2,1-2H3,(H3,15,16,18). The highest BCUT2D eigenvalue weighted by molar-refractivity contribution is 7.89. The van der Waals surface area contributed by atoms with Gasteiger partial charge in [-0.05, 0) is 30.5 Å². The normalized spacial score (nSPS) is 14.4. The summed E-state index contributed by atoms with van der Waals surface area (Å²) in [6.07, 6.45) is 0. The number of nitrogens with two attached hydrogens (primary N) is 1. The average Bonchev–Trinajstić information content (AvgIpc) is 2.37. The van der Waals surface area contributed by atoms with Crippen molar-refractivity contribution in [1.29, 1.82) is 0 Å². The molecule has 0 aliphatic heterocycles. The van der Waals surface area contributed by atoms with Crippen molar-refractivity contribution in [2.24, 2.45) is 11.7 Å². The summed E-state index contributed by atoms with van der Waals surface area (Å²) < 4.78 is 26.5. The smallest absolute Gasteiger partial charge is 0.316 e. The molecule has 0 fully saturated rings. The topological polar surface area (TPSA) is 101 Å². The average molecular weight is 334 g/mol. The monoisotopic (exact) mass is 333 g/mol. The minimum atomic E-state index is -3.39. The first-order valence-corrected chi connectivity index (χ1v) is 8.64. The van der Waals surface area contributed by atoms with E-state index in [-0.39, 0.29) is 17.7 Å². The first-order chi connectivity index (χ1) is 9.73. The van der Waals surface area contributed by atoms with Gasteiger partial charge in [-0.25, -0.2) is 17.9 Å². The lowest BCUT2D eigenvalue weighted by molar-refractivity contribution is 0.259. The van der Waals surface area contributed by atoms with Crippen LogP contribution in [0.2, 0.25) is 0 Å². The molecular formula is C13H20ClN3O3S. The molecule has 0 heterocycles. The highest BCUT2D eigenvalue weighted by Gasteiger charge is 2.18. The van der Waals surface area contributed by atoms with Gasteiger partial charge in [-0.1, -0.05) is 19.1 Å². The molecule has 6 nitrogen and oxygen atoms in total. The third kappa shape index (κ3) is 6.33. The Morgan fingerprint density at radius 1 is 1.29 bits per heavy atom. The van der Waals surface area contributed by atoms with E-state index in [1.165, 1.54) is 0 Å². The van der Waals surface area contributed by atoms with E-state index in [2.05, 4.69) is 10.0 Å². The van der Waals surface area contributed by atoms with E-state index in [1.54, 1.807) is 38.1 Å². The number of anilines is 1. The number of carbonyl (C=O) groups is 1. The van der Waals surface area contributed by atoms with Crippen LogP contribution in [0.5, 0.6) is 0 Å². The molecule has 2 amide bonds. The SMILES string of the molecule is CC(CCl)CS(=O)(=O)NC(C)c1ccc(NC(N)=O)cc1. The van der Waals surface area contributed by atoms with Gasteiger partial charge in [-0.3, -0.25) is 0 Å².